The highest BCUT2D eigenvalue weighted by Crippen LogP contribution is 2.29. The van der Waals surface area contributed by atoms with Crippen molar-refractivity contribution in [2.45, 2.75) is 31.7 Å². The van der Waals surface area contributed by atoms with Crippen LogP contribution in [0.25, 0.3) is 0 Å². The van der Waals surface area contributed by atoms with Crippen LogP contribution in [0.4, 0.5) is 0 Å². The van der Waals surface area contributed by atoms with E-state index in [1.807, 2.05) is 48.5 Å². The van der Waals surface area contributed by atoms with E-state index in [9.17, 15) is 14.4 Å². The number of aryl methyl sites for hydroxylation is 1. The van der Waals surface area contributed by atoms with Gasteiger partial charge in [-0.1, -0.05) is 54.6 Å². The molecular formula is C22H24N2O4. The van der Waals surface area contributed by atoms with Crippen LogP contribution < -0.4 is 10.6 Å². The first-order valence-electron chi connectivity index (χ1n) is 9.45. The molecule has 0 saturated heterocycles. The molecule has 1 atom stereocenters. The molecule has 0 radical (unpaired) electrons. The van der Waals surface area contributed by atoms with Gasteiger partial charge >= 0.3 is 5.97 Å². The first kappa shape index (κ1) is 19.6. The van der Waals surface area contributed by atoms with Gasteiger partial charge in [0.25, 0.3) is 5.91 Å². The Kier molecular flexibility index (Phi) is 6.78. The minimum absolute atomic E-state index is 0.0540. The van der Waals surface area contributed by atoms with E-state index in [4.69, 9.17) is 4.74 Å². The zero-order valence-corrected chi connectivity index (χ0v) is 15.6. The second-order valence-electron chi connectivity index (χ2n) is 6.81. The molecule has 0 bridgehead atoms. The van der Waals surface area contributed by atoms with Crippen molar-refractivity contribution in [1.29, 1.82) is 0 Å². The normalized spacial score (nSPS) is 15.2. The number of nitrogens with one attached hydrogen (secondary N) is 2. The number of fused-ring (bicyclic) bond motifs is 1. The van der Waals surface area contributed by atoms with Crippen molar-refractivity contribution in [2.75, 3.05) is 13.2 Å². The number of esters is 1. The van der Waals surface area contributed by atoms with E-state index < -0.39 is 5.97 Å². The Bertz CT molecular complexity index is 835. The molecule has 0 fully saturated rings. The second-order valence-corrected chi connectivity index (χ2v) is 6.81. The number of hydrogen-bond acceptors (Lipinski definition) is 4. The highest BCUT2D eigenvalue weighted by molar-refractivity contribution is 5.85. The van der Waals surface area contributed by atoms with E-state index in [0.717, 1.165) is 30.4 Å². The Balaban J connectivity index is 1.38. The molecule has 0 saturated carbocycles. The first-order valence-corrected chi connectivity index (χ1v) is 9.45. The molecule has 1 aliphatic carbocycles. The maximum atomic E-state index is 12.1. The lowest BCUT2D eigenvalue weighted by molar-refractivity contribution is -0.148. The number of amides is 2. The van der Waals surface area contributed by atoms with Gasteiger partial charge in [-0.05, 0) is 36.0 Å². The third-order valence-corrected chi connectivity index (χ3v) is 4.71. The quantitative estimate of drug-likeness (QED) is 0.721. The fourth-order valence-corrected chi connectivity index (χ4v) is 3.35. The maximum Gasteiger partial charge on any atom is 0.325 e. The fourth-order valence-electron chi connectivity index (χ4n) is 3.35. The minimum atomic E-state index is -0.638. The monoisotopic (exact) mass is 380 g/mol. The van der Waals surface area contributed by atoms with Crippen LogP contribution >= 0.6 is 0 Å². The Morgan fingerprint density at radius 1 is 0.964 bits per heavy atom. The molecular weight excluding hydrogens is 356 g/mol. The number of benzene rings is 2. The highest BCUT2D eigenvalue weighted by Gasteiger charge is 2.21. The Hall–Kier alpha value is -3.15. The fraction of sp³-hybridized carbons (Fsp3) is 0.318. The zero-order valence-electron chi connectivity index (χ0n) is 15.6. The Labute approximate surface area is 164 Å². The number of carbonyl (C=O) groups excluding carboxylic acids is 3. The Morgan fingerprint density at radius 2 is 1.71 bits per heavy atom. The van der Waals surface area contributed by atoms with Crippen LogP contribution in [-0.4, -0.2) is 30.9 Å². The first-order chi connectivity index (χ1) is 13.6. The van der Waals surface area contributed by atoms with Gasteiger partial charge in [0.05, 0.1) is 12.5 Å². The molecule has 3 rings (SSSR count). The van der Waals surface area contributed by atoms with Crippen LogP contribution in [0.3, 0.4) is 0 Å². The zero-order chi connectivity index (χ0) is 19.8. The van der Waals surface area contributed by atoms with Gasteiger partial charge in [-0.25, -0.2) is 0 Å². The molecule has 0 heterocycles. The summed E-state index contributed by atoms with van der Waals surface area (Å²) in [5, 5.41) is 5.43. The van der Waals surface area contributed by atoms with E-state index in [1.165, 1.54) is 5.56 Å². The summed E-state index contributed by atoms with van der Waals surface area (Å²) in [6, 6.07) is 17.2. The van der Waals surface area contributed by atoms with Crippen molar-refractivity contribution in [3.8, 4) is 0 Å². The summed E-state index contributed by atoms with van der Waals surface area (Å²) in [7, 11) is 0. The minimum Gasteiger partial charge on any atom is -0.454 e. The maximum absolute atomic E-state index is 12.1. The summed E-state index contributed by atoms with van der Waals surface area (Å²) in [5.41, 5.74) is 3.24. The lowest BCUT2D eigenvalue weighted by Crippen LogP contribution is -2.36. The van der Waals surface area contributed by atoms with Crippen LogP contribution in [0.15, 0.2) is 54.6 Å². The average Bonchev–Trinajstić information content (AvgIpc) is 2.72. The summed E-state index contributed by atoms with van der Waals surface area (Å²) in [4.78, 5) is 35.7. The molecule has 2 aromatic carbocycles. The van der Waals surface area contributed by atoms with E-state index in [-0.39, 0.29) is 37.4 Å². The number of rotatable bonds is 7. The van der Waals surface area contributed by atoms with Crippen LogP contribution in [0.1, 0.15) is 35.6 Å². The average molecular weight is 380 g/mol. The smallest absolute Gasteiger partial charge is 0.325 e. The van der Waals surface area contributed by atoms with E-state index in [1.54, 1.807) is 0 Å². The van der Waals surface area contributed by atoms with E-state index >= 15 is 0 Å². The van der Waals surface area contributed by atoms with Crippen LogP contribution in [-0.2, 0) is 32.0 Å². The van der Waals surface area contributed by atoms with Crippen LogP contribution in [0.2, 0.25) is 0 Å². The second kappa shape index (κ2) is 9.69. The largest absolute Gasteiger partial charge is 0.454 e. The SMILES string of the molecule is O=C(Cc1ccccc1)NCC(=O)OCC(=O)N[C@@H]1CCCc2ccccc21. The molecule has 6 nitrogen and oxygen atoms in total. The summed E-state index contributed by atoms with van der Waals surface area (Å²) in [6.07, 6.45) is 3.08. The Morgan fingerprint density at radius 3 is 2.54 bits per heavy atom. The van der Waals surface area contributed by atoms with Gasteiger partial charge in [-0.3, -0.25) is 14.4 Å². The van der Waals surface area contributed by atoms with Gasteiger partial charge in [-0.15, -0.1) is 0 Å². The van der Waals surface area contributed by atoms with Crippen molar-refractivity contribution >= 4 is 17.8 Å². The number of ether oxygens (including phenoxy) is 1. The standard InChI is InChI=1S/C22H24N2O4/c25-20(13-16-7-2-1-3-8-16)23-14-22(27)28-15-21(26)24-19-12-6-10-17-9-4-5-11-18(17)19/h1-5,7-9,11,19H,6,10,12-15H2,(H,23,25)(H,24,26)/t19-/m1/s1. The van der Waals surface area contributed by atoms with Crippen molar-refractivity contribution in [1.82, 2.24) is 10.6 Å². The van der Waals surface area contributed by atoms with Crippen molar-refractivity contribution < 1.29 is 19.1 Å². The molecule has 1 aliphatic rings. The van der Waals surface area contributed by atoms with Gasteiger partial charge in [-0.2, -0.15) is 0 Å². The van der Waals surface area contributed by atoms with Gasteiger partial charge in [0.2, 0.25) is 5.91 Å². The summed E-state index contributed by atoms with van der Waals surface area (Å²) < 4.78 is 4.97. The molecule has 146 valence electrons. The predicted molar refractivity (Wildman–Crippen MR) is 104 cm³/mol. The van der Waals surface area contributed by atoms with Gasteiger partial charge in [0.1, 0.15) is 6.54 Å². The highest BCUT2D eigenvalue weighted by atomic mass is 16.5. The molecule has 0 unspecified atom stereocenters. The van der Waals surface area contributed by atoms with Crippen molar-refractivity contribution in [3.05, 3.63) is 71.3 Å². The number of carbonyl (C=O) groups is 3. The summed E-state index contributed by atoms with van der Waals surface area (Å²) >= 11 is 0. The van der Waals surface area contributed by atoms with Crippen molar-refractivity contribution in [3.63, 3.8) is 0 Å². The molecule has 0 aromatic heterocycles. The third kappa shape index (κ3) is 5.67. The van der Waals surface area contributed by atoms with Gasteiger partial charge < -0.3 is 15.4 Å². The van der Waals surface area contributed by atoms with Crippen molar-refractivity contribution in [2.24, 2.45) is 0 Å². The molecule has 0 spiro atoms. The predicted octanol–water partition coefficient (Wildman–Crippen LogP) is 2.08. The number of hydrogen-bond donors (Lipinski definition) is 2. The summed E-state index contributed by atoms with van der Waals surface area (Å²) in [5.74, 6) is -1.25. The lowest BCUT2D eigenvalue weighted by Gasteiger charge is -2.26. The van der Waals surface area contributed by atoms with Crippen LogP contribution in [0.5, 0.6) is 0 Å². The molecule has 2 aromatic rings. The summed E-state index contributed by atoms with van der Waals surface area (Å²) in [6.45, 7) is -0.614. The third-order valence-electron chi connectivity index (χ3n) is 4.71. The van der Waals surface area contributed by atoms with E-state index in [0.29, 0.717) is 0 Å². The molecule has 6 heteroatoms. The molecule has 0 aliphatic heterocycles. The van der Waals surface area contributed by atoms with E-state index in [2.05, 4.69) is 16.7 Å². The molecule has 28 heavy (non-hydrogen) atoms. The van der Waals surface area contributed by atoms with Gasteiger partial charge in [0.15, 0.2) is 6.61 Å². The molecule has 2 N–H and O–H groups in total. The van der Waals surface area contributed by atoms with Gasteiger partial charge in [0, 0.05) is 0 Å². The molecule has 2 amide bonds. The lowest BCUT2D eigenvalue weighted by atomic mass is 9.88. The topological polar surface area (TPSA) is 84.5 Å². The van der Waals surface area contributed by atoms with Crippen LogP contribution in [0, 0.1) is 0 Å².